The molecule has 0 unspecified atom stereocenters. The number of anilines is 1. The zero-order valence-corrected chi connectivity index (χ0v) is 16.8. The van der Waals surface area contributed by atoms with Gasteiger partial charge in [-0.1, -0.05) is 53.0 Å². The smallest absolute Gasteiger partial charge is 0.262 e. The van der Waals surface area contributed by atoms with Crippen LogP contribution in [0.2, 0.25) is 15.1 Å². The lowest BCUT2D eigenvalue weighted by atomic mass is 10.2. The highest BCUT2D eigenvalue weighted by Gasteiger charge is 2.09. The fraction of sp³-hybridized carbons (Fsp3) is 0.100. The van der Waals surface area contributed by atoms with Crippen LogP contribution in [0.1, 0.15) is 5.56 Å². The first kappa shape index (κ1) is 20.3. The number of carbonyl (C=O) groups excluding carboxylic acids is 1. The first-order valence-corrected chi connectivity index (χ1v) is 9.37. The van der Waals surface area contributed by atoms with Gasteiger partial charge in [-0.3, -0.25) is 9.59 Å². The van der Waals surface area contributed by atoms with Gasteiger partial charge in [-0.05, 0) is 29.8 Å². The van der Waals surface area contributed by atoms with Crippen LogP contribution in [-0.2, 0) is 11.3 Å². The maximum absolute atomic E-state index is 12.2. The van der Waals surface area contributed by atoms with Crippen molar-refractivity contribution in [2.75, 3.05) is 11.9 Å². The summed E-state index contributed by atoms with van der Waals surface area (Å²) in [7, 11) is 0. The van der Waals surface area contributed by atoms with E-state index in [-0.39, 0.29) is 18.7 Å². The van der Waals surface area contributed by atoms with E-state index in [1.54, 1.807) is 24.4 Å². The lowest BCUT2D eigenvalue weighted by Crippen LogP contribution is -2.23. The summed E-state index contributed by atoms with van der Waals surface area (Å²) in [6.07, 6.45) is 1.55. The van der Waals surface area contributed by atoms with E-state index < -0.39 is 5.91 Å². The number of nitrogens with one attached hydrogen (secondary N) is 1. The highest BCUT2D eigenvalue weighted by molar-refractivity contribution is 6.34. The Balaban J connectivity index is 1.67. The number of aromatic nitrogens is 1. The van der Waals surface area contributed by atoms with Gasteiger partial charge in [-0.25, -0.2) is 0 Å². The monoisotopic (exact) mass is 436 g/mol. The SMILES string of the molecule is O=C(COc1cc(Cl)ccc1Cl)Nc1ccc(=O)n(Cc2ccccc2Cl)c1. The maximum Gasteiger partial charge on any atom is 0.262 e. The van der Waals surface area contributed by atoms with Crippen molar-refractivity contribution in [3.05, 3.63) is 91.8 Å². The fourth-order valence-corrected chi connectivity index (χ4v) is 3.00. The average Bonchev–Trinajstić information content (AvgIpc) is 2.67. The van der Waals surface area contributed by atoms with Gasteiger partial charge < -0.3 is 14.6 Å². The summed E-state index contributed by atoms with van der Waals surface area (Å²) < 4.78 is 6.87. The largest absolute Gasteiger partial charge is 0.482 e. The van der Waals surface area contributed by atoms with Crippen LogP contribution in [0.5, 0.6) is 5.75 Å². The Morgan fingerprint density at radius 3 is 2.57 bits per heavy atom. The Kier molecular flexibility index (Phi) is 6.62. The standard InChI is InChI=1S/C20H15Cl3N2O3/c21-14-5-7-17(23)18(9-14)28-12-19(26)24-15-6-8-20(27)25(11-15)10-13-3-1-2-4-16(13)22/h1-9,11H,10,12H2,(H,24,26). The summed E-state index contributed by atoms with van der Waals surface area (Å²) in [5.74, 6) is -0.0907. The van der Waals surface area contributed by atoms with Crippen molar-refractivity contribution < 1.29 is 9.53 Å². The van der Waals surface area contributed by atoms with E-state index in [0.717, 1.165) is 5.56 Å². The van der Waals surface area contributed by atoms with Crippen LogP contribution in [-0.4, -0.2) is 17.1 Å². The molecular weight excluding hydrogens is 423 g/mol. The number of carbonyl (C=O) groups is 1. The van der Waals surface area contributed by atoms with Crippen LogP contribution in [0.3, 0.4) is 0 Å². The first-order chi connectivity index (χ1) is 13.4. The minimum atomic E-state index is -0.404. The topological polar surface area (TPSA) is 60.3 Å². The molecule has 8 heteroatoms. The predicted molar refractivity (Wildman–Crippen MR) is 112 cm³/mol. The summed E-state index contributed by atoms with van der Waals surface area (Å²) in [6, 6.07) is 14.9. The van der Waals surface area contributed by atoms with Gasteiger partial charge in [-0.2, -0.15) is 0 Å². The summed E-state index contributed by atoms with van der Waals surface area (Å²) >= 11 is 18.0. The van der Waals surface area contributed by atoms with Crippen molar-refractivity contribution in [1.29, 1.82) is 0 Å². The minimum Gasteiger partial charge on any atom is -0.482 e. The van der Waals surface area contributed by atoms with Gasteiger partial charge in [0.15, 0.2) is 6.61 Å². The van der Waals surface area contributed by atoms with Gasteiger partial charge in [0.1, 0.15) is 5.75 Å². The molecule has 1 aromatic heterocycles. The van der Waals surface area contributed by atoms with Crippen LogP contribution < -0.4 is 15.6 Å². The molecule has 1 amide bonds. The number of benzene rings is 2. The normalized spacial score (nSPS) is 10.5. The second-order valence-electron chi connectivity index (χ2n) is 5.89. The Bertz CT molecular complexity index is 1070. The maximum atomic E-state index is 12.2. The molecule has 0 aliphatic carbocycles. The highest BCUT2D eigenvalue weighted by atomic mass is 35.5. The molecule has 0 fully saturated rings. The number of amides is 1. The van der Waals surface area contributed by atoms with Crippen molar-refractivity contribution in [1.82, 2.24) is 4.57 Å². The van der Waals surface area contributed by atoms with E-state index in [0.29, 0.717) is 26.5 Å². The van der Waals surface area contributed by atoms with Crippen molar-refractivity contribution >= 4 is 46.4 Å². The fourth-order valence-electron chi connectivity index (χ4n) is 2.47. The third kappa shape index (κ3) is 5.29. The number of nitrogens with zero attached hydrogens (tertiary/aromatic N) is 1. The van der Waals surface area contributed by atoms with E-state index in [2.05, 4.69) is 5.32 Å². The molecule has 2 aromatic carbocycles. The number of halogens is 3. The van der Waals surface area contributed by atoms with Crippen molar-refractivity contribution in [2.45, 2.75) is 6.54 Å². The minimum absolute atomic E-state index is 0.208. The Hall–Kier alpha value is -2.47. The molecule has 144 valence electrons. The zero-order chi connectivity index (χ0) is 20.1. The average molecular weight is 438 g/mol. The molecule has 3 aromatic rings. The zero-order valence-electron chi connectivity index (χ0n) is 14.5. The van der Waals surface area contributed by atoms with Crippen LogP contribution in [0.15, 0.2) is 65.6 Å². The number of hydrogen-bond donors (Lipinski definition) is 1. The first-order valence-electron chi connectivity index (χ1n) is 8.24. The molecule has 1 heterocycles. The van der Waals surface area contributed by atoms with E-state index >= 15 is 0 Å². The Morgan fingerprint density at radius 1 is 1.00 bits per heavy atom. The van der Waals surface area contributed by atoms with Gasteiger partial charge >= 0.3 is 0 Å². The van der Waals surface area contributed by atoms with E-state index in [1.165, 1.54) is 22.8 Å². The Labute approximate surface area is 176 Å². The molecule has 0 saturated heterocycles. The third-order valence-electron chi connectivity index (χ3n) is 3.82. The van der Waals surface area contributed by atoms with Crippen molar-refractivity contribution in [3.8, 4) is 5.75 Å². The molecule has 0 bridgehead atoms. The lowest BCUT2D eigenvalue weighted by molar-refractivity contribution is -0.118. The summed E-state index contributed by atoms with van der Waals surface area (Å²) in [5, 5.41) is 4.05. The van der Waals surface area contributed by atoms with Crippen LogP contribution in [0, 0.1) is 0 Å². The van der Waals surface area contributed by atoms with Crippen molar-refractivity contribution in [3.63, 3.8) is 0 Å². The van der Waals surface area contributed by atoms with Gasteiger partial charge in [-0.15, -0.1) is 0 Å². The molecule has 0 saturated carbocycles. The highest BCUT2D eigenvalue weighted by Crippen LogP contribution is 2.27. The summed E-state index contributed by atoms with van der Waals surface area (Å²) in [6.45, 7) is 0.0283. The van der Waals surface area contributed by atoms with E-state index in [1.807, 2.05) is 18.2 Å². The number of ether oxygens (including phenoxy) is 1. The molecule has 28 heavy (non-hydrogen) atoms. The molecular formula is C20H15Cl3N2O3. The molecule has 1 N–H and O–H groups in total. The summed E-state index contributed by atoms with van der Waals surface area (Å²) in [4.78, 5) is 24.3. The number of pyridine rings is 1. The summed E-state index contributed by atoms with van der Waals surface area (Å²) in [5.41, 5.74) is 1.05. The molecule has 0 radical (unpaired) electrons. The van der Waals surface area contributed by atoms with E-state index in [9.17, 15) is 9.59 Å². The third-order valence-corrected chi connectivity index (χ3v) is 4.73. The number of rotatable bonds is 6. The Morgan fingerprint density at radius 2 is 1.79 bits per heavy atom. The second-order valence-corrected chi connectivity index (χ2v) is 7.14. The van der Waals surface area contributed by atoms with Crippen LogP contribution in [0.4, 0.5) is 5.69 Å². The second kappa shape index (κ2) is 9.15. The quantitative estimate of drug-likeness (QED) is 0.598. The molecule has 5 nitrogen and oxygen atoms in total. The van der Waals surface area contributed by atoms with Gasteiger partial charge in [0.25, 0.3) is 11.5 Å². The molecule has 0 spiro atoms. The van der Waals surface area contributed by atoms with Gasteiger partial charge in [0.05, 0.1) is 17.3 Å². The van der Waals surface area contributed by atoms with Crippen LogP contribution >= 0.6 is 34.8 Å². The van der Waals surface area contributed by atoms with Gasteiger partial charge in [0.2, 0.25) is 0 Å². The van der Waals surface area contributed by atoms with Crippen molar-refractivity contribution in [2.24, 2.45) is 0 Å². The van der Waals surface area contributed by atoms with E-state index in [4.69, 9.17) is 39.5 Å². The molecule has 0 aliphatic heterocycles. The molecule has 3 rings (SSSR count). The molecule has 0 aliphatic rings. The van der Waals surface area contributed by atoms with Crippen LogP contribution in [0.25, 0.3) is 0 Å². The number of hydrogen-bond acceptors (Lipinski definition) is 3. The van der Waals surface area contributed by atoms with Gasteiger partial charge in [0, 0.05) is 28.4 Å². The molecule has 0 atom stereocenters. The lowest BCUT2D eigenvalue weighted by Gasteiger charge is -2.11. The predicted octanol–water partition coefficient (Wildman–Crippen LogP) is 4.87.